The molecular weight excluding hydrogens is 324 g/mol. The van der Waals surface area contributed by atoms with Crippen molar-refractivity contribution in [2.24, 2.45) is 0 Å². The Morgan fingerprint density at radius 2 is 2.00 bits per heavy atom. The summed E-state index contributed by atoms with van der Waals surface area (Å²) in [6.07, 6.45) is 1.89. The van der Waals surface area contributed by atoms with Crippen LogP contribution in [-0.4, -0.2) is 55.4 Å². The van der Waals surface area contributed by atoms with Gasteiger partial charge in [-0.3, -0.25) is 0 Å². The molecule has 5 nitrogen and oxygen atoms in total. The van der Waals surface area contributed by atoms with Gasteiger partial charge in [0.2, 0.25) is 0 Å². The summed E-state index contributed by atoms with van der Waals surface area (Å²) < 4.78 is 7.30. The fourth-order valence-corrected chi connectivity index (χ4v) is 3.15. The minimum atomic E-state index is 0.691. The van der Waals surface area contributed by atoms with Crippen molar-refractivity contribution in [1.82, 2.24) is 19.8 Å². The molecule has 3 rings (SSSR count). The van der Waals surface area contributed by atoms with Gasteiger partial charge < -0.3 is 19.5 Å². The summed E-state index contributed by atoms with van der Waals surface area (Å²) in [6, 6.07) is 15.3. The third kappa shape index (κ3) is 4.49. The number of nitrogens with one attached hydrogen (secondary N) is 1. The van der Waals surface area contributed by atoms with Crippen LogP contribution in [0.2, 0.25) is 0 Å². The fourth-order valence-electron chi connectivity index (χ4n) is 3.15. The fraction of sp³-hybridized carbons (Fsp3) is 0.381. The van der Waals surface area contributed by atoms with Crippen molar-refractivity contribution in [1.29, 1.82) is 0 Å². The van der Waals surface area contributed by atoms with Gasteiger partial charge >= 0.3 is 0 Å². The number of nitrogens with zero attached hydrogens (tertiary/aromatic N) is 3. The normalized spacial score (nSPS) is 11.5. The Bertz CT molecular complexity index is 843. The van der Waals surface area contributed by atoms with Gasteiger partial charge in [-0.15, -0.1) is 0 Å². The van der Waals surface area contributed by atoms with Gasteiger partial charge in [0, 0.05) is 33.3 Å². The molecule has 1 N–H and O–H groups in total. The number of methoxy groups -OCH3 is 1. The van der Waals surface area contributed by atoms with E-state index in [1.807, 2.05) is 13.4 Å². The van der Waals surface area contributed by atoms with E-state index in [4.69, 9.17) is 4.74 Å². The zero-order valence-electron chi connectivity index (χ0n) is 15.9. The van der Waals surface area contributed by atoms with Crippen LogP contribution < -0.4 is 5.32 Å². The lowest BCUT2D eigenvalue weighted by Gasteiger charge is -2.17. The van der Waals surface area contributed by atoms with Crippen LogP contribution in [-0.2, 0) is 17.8 Å². The number of hydrogen-bond acceptors (Lipinski definition) is 4. The quantitative estimate of drug-likeness (QED) is 0.643. The Morgan fingerprint density at radius 3 is 2.81 bits per heavy atom. The first-order valence-corrected chi connectivity index (χ1v) is 9.07. The second-order valence-electron chi connectivity index (χ2n) is 6.68. The Balaban J connectivity index is 1.79. The number of likely N-dealkylation sites (N-methyl/N-ethyl adjacent to an activating group) is 2. The molecule has 0 amide bonds. The summed E-state index contributed by atoms with van der Waals surface area (Å²) in [5.74, 6) is 0. The molecule has 0 bridgehead atoms. The number of ether oxygens (including phenoxy) is 1. The van der Waals surface area contributed by atoms with Crippen LogP contribution in [0, 0.1) is 0 Å². The molecule has 0 spiro atoms. The van der Waals surface area contributed by atoms with E-state index in [9.17, 15) is 0 Å². The molecule has 0 aliphatic heterocycles. The van der Waals surface area contributed by atoms with Crippen molar-refractivity contribution in [3.8, 4) is 11.1 Å². The second kappa shape index (κ2) is 8.94. The lowest BCUT2D eigenvalue weighted by Crippen LogP contribution is -2.26. The van der Waals surface area contributed by atoms with Gasteiger partial charge in [0.15, 0.2) is 0 Å². The summed E-state index contributed by atoms with van der Waals surface area (Å²) in [4.78, 5) is 6.88. The minimum Gasteiger partial charge on any atom is -0.383 e. The number of rotatable bonds is 9. The van der Waals surface area contributed by atoms with E-state index < -0.39 is 0 Å². The smallest absolute Gasteiger partial charge is 0.0959 e. The largest absolute Gasteiger partial charge is 0.383 e. The monoisotopic (exact) mass is 352 g/mol. The molecule has 0 aliphatic rings. The number of hydrogen-bond donors (Lipinski definition) is 1. The third-order valence-electron chi connectivity index (χ3n) is 4.61. The van der Waals surface area contributed by atoms with Crippen molar-refractivity contribution in [2.45, 2.75) is 13.1 Å². The van der Waals surface area contributed by atoms with Crippen LogP contribution in [0.3, 0.4) is 0 Å². The third-order valence-corrected chi connectivity index (χ3v) is 4.61. The topological polar surface area (TPSA) is 42.3 Å². The van der Waals surface area contributed by atoms with Crippen LogP contribution in [0.5, 0.6) is 0 Å². The summed E-state index contributed by atoms with van der Waals surface area (Å²) in [5.41, 5.74) is 5.93. The molecule has 0 unspecified atom stereocenters. The highest BCUT2D eigenvalue weighted by atomic mass is 16.5. The Morgan fingerprint density at radius 1 is 1.15 bits per heavy atom. The average Bonchev–Trinajstić information content (AvgIpc) is 3.07. The van der Waals surface area contributed by atoms with Crippen LogP contribution in [0.4, 0.5) is 0 Å². The molecule has 5 heteroatoms. The van der Waals surface area contributed by atoms with Gasteiger partial charge in [-0.2, -0.15) is 0 Å². The standard InChI is InChI=1S/C21H28N4O/c1-22-9-10-24(2)15-17-5-4-6-18(13-17)19-7-8-21-20(14-19)23-16-25(21)11-12-26-3/h4-8,13-14,16,22H,9-12,15H2,1-3H3. The van der Waals surface area contributed by atoms with E-state index >= 15 is 0 Å². The number of fused-ring (bicyclic) bond motifs is 1. The summed E-state index contributed by atoms with van der Waals surface area (Å²) in [5, 5.41) is 3.19. The van der Waals surface area contributed by atoms with E-state index in [0.717, 1.165) is 37.2 Å². The first-order chi connectivity index (χ1) is 12.7. The van der Waals surface area contributed by atoms with Gasteiger partial charge in [-0.25, -0.2) is 4.98 Å². The zero-order chi connectivity index (χ0) is 18.4. The molecule has 138 valence electrons. The molecule has 1 aromatic heterocycles. The summed E-state index contributed by atoms with van der Waals surface area (Å²) >= 11 is 0. The van der Waals surface area contributed by atoms with Crippen LogP contribution in [0.25, 0.3) is 22.2 Å². The summed E-state index contributed by atoms with van der Waals surface area (Å²) in [6.45, 7) is 4.49. The maximum atomic E-state index is 5.17. The Hall–Kier alpha value is -2.21. The Kier molecular flexibility index (Phi) is 6.39. The van der Waals surface area contributed by atoms with E-state index in [1.165, 1.54) is 16.7 Å². The Labute approximate surface area is 155 Å². The van der Waals surface area contributed by atoms with Crippen LogP contribution >= 0.6 is 0 Å². The molecule has 0 saturated carbocycles. The maximum Gasteiger partial charge on any atom is 0.0959 e. The van der Waals surface area contributed by atoms with Gasteiger partial charge in [-0.05, 0) is 49.0 Å². The molecule has 1 heterocycles. The second-order valence-corrected chi connectivity index (χ2v) is 6.68. The first-order valence-electron chi connectivity index (χ1n) is 9.07. The van der Waals surface area contributed by atoms with Gasteiger partial charge in [0.25, 0.3) is 0 Å². The predicted molar refractivity (Wildman–Crippen MR) is 107 cm³/mol. The molecule has 0 radical (unpaired) electrons. The number of aromatic nitrogens is 2. The van der Waals surface area contributed by atoms with Gasteiger partial charge in [0.05, 0.1) is 24.0 Å². The average molecular weight is 352 g/mol. The molecular formula is C21H28N4O. The van der Waals surface area contributed by atoms with E-state index in [2.05, 4.69) is 69.3 Å². The SMILES string of the molecule is CNCCN(C)Cc1cccc(-c2ccc3c(c2)ncn3CCOC)c1. The van der Waals surface area contributed by atoms with Crippen molar-refractivity contribution in [2.75, 3.05) is 40.9 Å². The predicted octanol–water partition coefficient (Wildman–Crippen LogP) is 3.00. The molecule has 26 heavy (non-hydrogen) atoms. The summed E-state index contributed by atoms with van der Waals surface area (Å²) in [7, 11) is 5.87. The van der Waals surface area contributed by atoms with Crippen molar-refractivity contribution in [3.63, 3.8) is 0 Å². The minimum absolute atomic E-state index is 0.691. The molecule has 0 atom stereocenters. The maximum absolute atomic E-state index is 5.17. The van der Waals surface area contributed by atoms with E-state index in [0.29, 0.717) is 6.61 Å². The van der Waals surface area contributed by atoms with Gasteiger partial charge in [-0.1, -0.05) is 24.3 Å². The lowest BCUT2D eigenvalue weighted by atomic mass is 10.0. The molecule has 0 fully saturated rings. The van der Waals surface area contributed by atoms with Crippen molar-refractivity contribution >= 4 is 11.0 Å². The van der Waals surface area contributed by atoms with E-state index in [1.54, 1.807) is 7.11 Å². The van der Waals surface area contributed by atoms with E-state index in [-0.39, 0.29) is 0 Å². The highest BCUT2D eigenvalue weighted by Crippen LogP contribution is 2.25. The highest BCUT2D eigenvalue weighted by Gasteiger charge is 2.07. The molecule has 0 saturated heterocycles. The van der Waals surface area contributed by atoms with Crippen LogP contribution in [0.1, 0.15) is 5.56 Å². The number of benzene rings is 2. The molecule has 0 aliphatic carbocycles. The van der Waals surface area contributed by atoms with Crippen molar-refractivity contribution < 1.29 is 4.74 Å². The number of imidazole rings is 1. The highest BCUT2D eigenvalue weighted by molar-refractivity contribution is 5.82. The molecule has 3 aromatic rings. The van der Waals surface area contributed by atoms with Crippen LogP contribution in [0.15, 0.2) is 48.8 Å². The van der Waals surface area contributed by atoms with Crippen molar-refractivity contribution in [3.05, 3.63) is 54.4 Å². The zero-order valence-corrected chi connectivity index (χ0v) is 15.9. The molecule has 2 aromatic carbocycles. The lowest BCUT2D eigenvalue weighted by molar-refractivity contribution is 0.188. The van der Waals surface area contributed by atoms with Gasteiger partial charge in [0.1, 0.15) is 0 Å². The first kappa shape index (κ1) is 18.6.